The molecule has 71 heavy (non-hydrogen) atoms. The van der Waals surface area contributed by atoms with Crippen LogP contribution >= 0.6 is 0 Å². The Morgan fingerprint density at radius 1 is 0.690 bits per heavy atom. The molecule has 0 aromatic heterocycles. The number of allylic oxidation sites excluding steroid dienone is 1. The minimum atomic E-state index is -2.00. The summed E-state index contributed by atoms with van der Waals surface area (Å²) in [6.45, 7) is 0.814. The molecule has 2 aromatic rings. The van der Waals surface area contributed by atoms with Crippen molar-refractivity contribution in [1.82, 2.24) is 0 Å². The maximum Gasteiger partial charge on any atom is 0.337 e. The summed E-state index contributed by atoms with van der Waals surface area (Å²) in [6, 6.07) is 7.59. The van der Waals surface area contributed by atoms with E-state index in [-0.39, 0.29) is 29.7 Å². The van der Waals surface area contributed by atoms with E-state index in [0.717, 1.165) is 31.6 Å². The van der Waals surface area contributed by atoms with Crippen LogP contribution in [0, 0.1) is 5.92 Å². The van der Waals surface area contributed by atoms with Crippen LogP contribution in [0.2, 0.25) is 0 Å². The summed E-state index contributed by atoms with van der Waals surface area (Å²) in [6.07, 6.45) is -24.0. The second kappa shape index (κ2) is 24.3. The molecule has 2 aromatic carbocycles. The van der Waals surface area contributed by atoms with Crippen molar-refractivity contribution in [1.29, 1.82) is 0 Å². The number of benzene rings is 2. The number of phenols is 4. The Morgan fingerprint density at radius 3 is 1.96 bits per heavy atom. The summed E-state index contributed by atoms with van der Waals surface area (Å²) in [7, 11) is 1.05. The number of esters is 3. The molecule has 17 atom stereocenters. The highest BCUT2D eigenvalue weighted by Crippen LogP contribution is 2.39. The van der Waals surface area contributed by atoms with Crippen molar-refractivity contribution in [2.45, 2.75) is 125 Å². The molecule has 0 spiro atoms. The summed E-state index contributed by atoms with van der Waals surface area (Å²) in [4.78, 5) is 41.3. The van der Waals surface area contributed by atoms with Crippen molar-refractivity contribution in [3.05, 3.63) is 77.1 Å². The molecule has 4 aliphatic heterocycles. The van der Waals surface area contributed by atoms with Gasteiger partial charge in [-0.05, 0) is 61.7 Å². The van der Waals surface area contributed by atoms with Crippen LogP contribution in [0.3, 0.4) is 0 Å². The zero-order valence-corrected chi connectivity index (χ0v) is 38.3. The molecular weight excluding hydrogens is 952 g/mol. The Kier molecular flexibility index (Phi) is 18.8. The van der Waals surface area contributed by atoms with Gasteiger partial charge >= 0.3 is 17.9 Å². The molecule has 25 nitrogen and oxygen atoms in total. The van der Waals surface area contributed by atoms with Gasteiger partial charge in [-0.1, -0.05) is 18.2 Å². The molecule has 0 aliphatic carbocycles. The van der Waals surface area contributed by atoms with E-state index in [1.54, 1.807) is 0 Å². The van der Waals surface area contributed by atoms with E-state index in [1.165, 1.54) is 50.3 Å². The topological polar surface area (TPSA) is 386 Å². The third-order valence-corrected chi connectivity index (χ3v) is 12.1. The van der Waals surface area contributed by atoms with Gasteiger partial charge in [0.15, 0.2) is 54.1 Å². The molecule has 12 N–H and O–H groups in total. The molecule has 17 unspecified atom stereocenters. The Morgan fingerprint density at radius 2 is 1.32 bits per heavy atom. The van der Waals surface area contributed by atoms with Gasteiger partial charge in [0.1, 0.15) is 54.9 Å². The van der Waals surface area contributed by atoms with E-state index in [1.807, 2.05) is 0 Å². The second-order valence-corrected chi connectivity index (χ2v) is 16.8. The van der Waals surface area contributed by atoms with Crippen LogP contribution in [0.25, 0.3) is 6.08 Å². The summed E-state index contributed by atoms with van der Waals surface area (Å²) >= 11 is 0. The SMILES string of the molecule is CC=C1C(OC2OC(CO)C(O)C(O)C2O)OC=C(C(=O)OC)C1CC(=O)OC1C(OCCc2ccc(O)c(O)c2)OC(CO)C(OC(=O)C=Cc2ccc(O)c(O)c2)C1OC1OC(C)C(O)C(O)C1O. The number of rotatable bonds is 17. The largest absolute Gasteiger partial charge is 0.504 e. The summed E-state index contributed by atoms with van der Waals surface area (Å²) in [5, 5.41) is 124. The smallest absolute Gasteiger partial charge is 0.337 e. The summed E-state index contributed by atoms with van der Waals surface area (Å²) in [5.74, 6) is -6.42. The lowest BCUT2D eigenvalue weighted by Gasteiger charge is -2.47. The highest BCUT2D eigenvalue weighted by molar-refractivity contribution is 5.91. The first-order chi connectivity index (χ1) is 33.8. The lowest BCUT2D eigenvalue weighted by molar-refractivity contribution is -0.358. The lowest BCUT2D eigenvalue weighted by Crippen LogP contribution is -2.65. The van der Waals surface area contributed by atoms with Crippen LogP contribution in [-0.4, -0.2) is 205 Å². The maximum absolute atomic E-state index is 14.5. The predicted octanol–water partition coefficient (Wildman–Crippen LogP) is -2.28. The van der Waals surface area contributed by atoms with Gasteiger partial charge < -0.3 is 109 Å². The van der Waals surface area contributed by atoms with Crippen molar-refractivity contribution in [2.75, 3.05) is 26.9 Å². The van der Waals surface area contributed by atoms with Crippen molar-refractivity contribution in [3.8, 4) is 23.0 Å². The zero-order valence-electron chi connectivity index (χ0n) is 38.3. The molecule has 3 saturated heterocycles. The minimum absolute atomic E-state index is 0.0155. The van der Waals surface area contributed by atoms with Crippen LogP contribution in [0.5, 0.6) is 23.0 Å². The van der Waals surface area contributed by atoms with Crippen molar-refractivity contribution < 1.29 is 123 Å². The molecule has 0 amide bonds. The number of ether oxygens (including phenoxy) is 10. The number of methoxy groups -OCH3 is 1. The average Bonchev–Trinajstić information content (AvgIpc) is 3.35. The Bertz CT molecular complexity index is 2250. The number of aliphatic hydroxyl groups excluding tert-OH is 8. The highest BCUT2D eigenvalue weighted by atomic mass is 16.8. The van der Waals surface area contributed by atoms with E-state index < -0.39 is 165 Å². The van der Waals surface area contributed by atoms with Gasteiger partial charge in [-0.2, -0.15) is 0 Å². The van der Waals surface area contributed by atoms with Crippen LogP contribution < -0.4 is 0 Å². The predicted molar refractivity (Wildman–Crippen MR) is 233 cm³/mol. The third kappa shape index (κ3) is 12.8. The molecule has 0 bridgehead atoms. The van der Waals surface area contributed by atoms with E-state index in [2.05, 4.69) is 0 Å². The van der Waals surface area contributed by atoms with Crippen molar-refractivity contribution in [3.63, 3.8) is 0 Å². The third-order valence-electron chi connectivity index (χ3n) is 12.1. The van der Waals surface area contributed by atoms with E-state index in [4.69, 9.17) is 47.4 Å². The second-order valence-electron chi connectivity index (χ2n) is 16.8. The van der Waals surface area contributed by atoms with Crippen LogP contribution in [0.15, 0.2) is 66.0 Å². The van der Waals surface area contributed by atoms with Gasteiger partial charge in [0.25, 0.3) is 0 Å². The van der Waals surface area contributed by atoms with E-state index >= 15 is 0 Å². The molecule has 0 radical (unpaired) electrons. The van der Waals surface area contributed by atoms with Gasteiger partial charge in [0, 0.05) is 17.6 Å². The number of aliphatic hydroxyl groups is 8. The Labute approximate surface area is 404 Å². The molecule has 4 heterocycles. The number of carbonyl (C=O) groups is 3. The van der Waals surface area contributed by atoms with Gasteiger partial charge in [-0.3, -0.25) is 4.79 Å². The summed E-state index contributed by atoms with van der Waals surface area (Å²) < 4.78 is 57.9. The fourth-order valence-electron chi connectivity index (χ4n) is 8.15. The van der Waals surface area contributed by atoms with Crippen molar-refractivity contribution >= 4 is 24.0 Å². The Balaban J connectivity index is 1.35. The van der Waals surface area contributed by atoms with Crippen LogP contribution in [-0.2, 0) is 68.2 Å². The molecule has 392 valence electrons. The number of hydrogen-bond acceptors (Lipinski definition) is 25. The monoisotopic (exact) mass is 1010 g/mol. The number of carbonyl (C=O) groups excluding carboxylic acids is 3. The minimum Gasteiger partial charge on any atom is -0.504 e. The number of hydrogen-bond donors (Lipinski definition) is 12. The highest BCUT2D eigenvalue weighted by Gasteiger charge is 2.55. The van der Waals surface area contributed by atoms with Gasteiger partial charge in [0.2, 0.25) is 6.29 Å². The number of phenolic OH excluding ortho intramolecular Hbond substituents is 4. The summed E-state index contributed by atoms with van der Waals surface area (Å²) in [5.41, 5.74) is 0.435. The fourth-order valence-corrected chi connectivity index (χ4v) is 8.15. The Hall–Kier alpha value is -5.49. The quantitative estimate of drug-likeness (QED) is 0.0261. The van der Waals surface area contributed by atoms with Crippen molar-refractivity contribution in [2.24, 2.45) is 5.92 Å². The first-order valence-electron chi connectivity index (χ1n) is 22.2. The molecule has 4 aliphatic rings. The standard InChI is InChI=1S/C46H58O25/c1-4-22-23(24(42(61)62-3)18-64-43(22)71-45-38(60)36(58)34(56)29(16-47)66-45)15-32(54)69-41-40(70-44-37(59)35(57)33(55)19(2)65-44)39(68-31(53)10-7-20-5-8-25(49)27(51)13-20)30(17-48)67-46(41)63-12-11-21-6-9-26(50)28(52)14-21/h4-10,13-14,18-19,23,29-30,33-41,43-52,55-60H,11-12,15-17H2,1-3H3. The normalized spacial score (nSPS) is 34.8. The molecular formula is C46H58O25. The van der Waals surface area contributed by atoms with Crippen LogP contribution in [0.1, 0.15) is 31.4 Å². The first-order valence-corrected chi connectivity index (χ1v) is 22.2. The molecule has 3 fully saturated rings. The average molecular weight is 1010 g/mol. The van der Waals surface area contributed by atoms with E-state index in [9.17, 15) is 75.7 Å². The van der Waals surface area contributed by atoms with Gasteiger partial charge in [-0.25, -0.2) is 9.59 Å². The maximum atomic E-state index is 14.5. The van der Waals surface area contributed by atoms with Gasteiger partial charge in [-0.15, -0.1) is 0 Å². The van der Waals surface area contributed by atoms with E-state index in [0.29, 0.717) is 5.56 Å². The first kappa shape index (κ1) is 54.8. The molecule has 0 saturated carbocycles. The number of aromatic hydroxyl groups is 4. The zero-order chi connectivity index (χ0) is 51.8. The fraction of sp³-hybridized carbons (Fsp3) is 0.543. The lowest BCUT2D eigenvalue weighted by atomic mass is 9.86. The van der Waals surface area contributed by atoms with Gasteiger partial charge in [0.05, 0.1) is 51.3 Å². The molecule has 6 rings (SSSR count). The van der Waals surface area contributed by atoms with Crippen LogP contribution in [0.4, 0.5) is 0 Å². The molecule has 25 heteroatoms.